The number of methoxy groups -OCH3 is 1. The van der Waals surface area contributed by atoms with E-state index in [9.17, 15) is 4.79 Å². The van der Waals surface area contributed by atoms with Gasteiger partial charge in [-0.1, -0.05) is 30.3 Å². The number of nitrogens with zero attached hydrogens (tertiary/aromatic N) is 1. The highest BCUT2D eigenvalue weighted by Gasteiger charge is 2.39. The van der Waals surface area contributed by atoms with Gasteiger partial charge in [-0.15, -0.1) is 0 Å². The largest absolute Gasteiger partial charge is 0.467 e. The molecule has 1 atom stereocenters. The van der Waals surface area contributed by atoms with Gasteiger partial charge in [-0.25, -0.2) is 4.79 Å². The summed E-state index contributed by atoms with van der Waals surface area (Å²) in [6, 6.07) is 9.46. The summed E-state index contributed by atoms with van der Waals surface area (Å²) in [5.74, 6) is -0.374. The van der Waals surface area contributed by atoms with E-state index in [1.54, 1.807) is 0 Å². The molecule has 1 aromatic rings. The molecule has 0 saturated carbocycles. The number of benzene rings is 1. The van der Waals surface area contributed by atoms with E-state index in [0.29, 0.717) is 6.54 Å². The Morgan fingerprint density at radius 2 is 1.94 bits per heavy atom. The highest BCUT2D eigenvalue weighted by atomic mass is 16.5. The van der Waals surface area contributed by atoms with Gasteiger partial charge in [-0.3, -0.25) is 0 Å². The van der Waals surface area contributed by atoms with E-state index < -0.39 is 5.54 Å². The van der Waals surface area contributed by atoms with Crippen LogP contribution in [0, 0.1) is 0 Å². The number of carbonyl (C=O) groups excluding carboxylic acids is 1. The summed E-state index contributed by atoms with van der Waals surface area (Å²) in [7, 11) is 1.39. The first-order valence-corrected chi connectivity index (χ1v) is 6.32. The average Bonchev–Trinajstić information content (AvgIpc) is 2.91. The zero-order valence-corrected chi connectivity index (χ0v) is 10.8. The van der Waals surface area contributed by atoms with Crippen molar-refractivity contribution in [2.75, 3.05) is 26.7 Å². The molecule has 2 rings (SSSR count). The van der Waals surface area contributed by atoms with Gasteiger partial charge in [-0.05, 0) is 31.5 Å². The number of carbonyl (C=O) groups is 1. The monoisotopic (exact) mass is 248 g/mol. The zero-order chi connectivity index (χ0) is 13.0. The summed E-state index contributed by atoms with van der Waals surface area (Å²) < 4.78 is 4.89. The Balaban J connectivity index is 2.25. The molecule has 1 aromatic carbocycles. The third kappa shape index (κ3) is 2.54. The molecule has 1 aliphatic heterocycles. The van der Waals surface area contributed by atoms with Gasteiger partial charge < -0.3 is 15.4 Å². The minimum Gasteiger partial charge on any atom is -0.467 e. The lowest BCUT2D eigenvalue weighted by molar-refractivity contribution is -0.148. The summed E-state index contributed by atoms with van der Waals surface area (Å²) in [6.07, 6.45) is 2.35. The van der Waals surface area contributed by atoms with Crippen molar-refractivity contribution in [2.45, 2.75) is 18.4 Å². The molecule has 0 aromatic heterocycles. The van der Waals surface area contributed by atoms with Crippen LogP contribution in [0.5, 0.6) is 0 Å². The highest BCUT2D eigenvalue weighted by Crippen LogP contribution is 2.23. The number of hydrogen-bond acceptors (Lipinski definition) is 4. The maximum Gasteiger partial charge on any atom is 0.331 e. The number of nitrogens with two attached hydrogens (primary N) is 1. The molecule has 1 fully saturated rings. The summed E-state index contributed by atoms with van der Waals surface area (Å²) >= 11 is 0. The zero-order valence-electron chi connectivity index (χ0n) is 10.8. The summed E-state index contributed by atoms with van der Waals surface area (Å²) in [6.45, 7) is 2.52. The lowest BCUT2D eigenvalue weighted by atomic mass is 9.90. The number of ether oxygens (including phenoxy) is 1. The van der Waals surface area contributed by atoms with Gasteiger partial charge in [0.05, 0.1) is 7.11 Å². The van der Waals surface area contributed by atoms with E-state index in [2.05, 4.69) is 4.90 Å². The van der Waals surface area contributed by atoms with Crippen LogP contribution in [0.2, 0.25) is 0 Å². The first kappa shape index (κ1) is 13.1. The van der Waals surface area contributed by atoms with Crippen molar-refractivity contribution in [3.05, 3.63) is 35.9 Å². The van der Waals surface area contributed by atoms with Crippen LogP contribution in [-0.2, 0) is 15.1 Å². The van der Waals surface area contributed by atoms with Gasteiger partial charge in [-0.2, -0.15) is 0 Å². The maximum atomic E-state index is 12.0. The quantitative estimate of drug-likeness (QED) is 0.811. The van der Waals surface area contributed by atoms with E-state index in [0.717, 1.165) is 18.7 Å². The van der Waals surface area contributed by atoms with Gasteiger partial charge in [0.2, 0.25) is 0 Å². The molecule has 0 amide bonds. The standard InChI is InChI=1S/C14H20N2O2/c1-18-13(17)14(15,11-16-9-5-6-10-16)12-7-3-2-4-8-12/h2-4,7-8H,5-6,9-11,15H2,1H3. The van der Waals surface area contributed by atoms with Crippen LogP contribution < -0.4 is 5.73 Å². The van der Waals surface area contributed by atoms with Crippen LogP contribution in [0.25, 0.3) is 0 Å². The Morgan fingerprint density at radius 1 is 1.33 bits per heavy atom. The van der Waals surface area contributed by atoms with E-state index in [1.165, 1.54) is 20.0 Å². The van der Waals surface area contributed by atoms with Crippen molar-refractivity contribution >= 4 is 5.97 Å². The predicted octanol–water partition coefficient (Wildman–Crippen LogP) is 1.11. The van der Waals surface area contributed by atoms with Crippen molar-refractivity contribution < 1.29 is 9.53 Å². The fraction of sp³-hybridized carbons (Fsp3) is 0.500. The molecule has 0 aliphatic carbocycles. The molecule has 98 valence electrons. The minimum atomic E-state index is -1.07. The van der Waals surface area contributed by atoms with Crippen LogP contribution in [0.1, 0.15) is 18.4 Å². The molecule has 1 heterocycles. The molecule has 2 N–H and O–H groups in total. The lowest BCUT2D eigenvalue weighted by Crippen LogP contribution is -2.53. The van der Waals surface area contributed by atoms with Gasteiger partial charge in [0.15, 0.2) is 5.54 Å². The fourth-order valence-corrected chi connectivity index (χ4v) is 2.48. The fourth-order valence-electron chi connectivity index (χ4n) is 2.48. The SMILES string of the molecule is COC(=O)C(N)(CN1CCCC1)c1ccccc1. The Morgan fingerprint density at radius 3 is 2.50 bits per heavy atom. The van der Waals surface area contributed by atoms with E-state index in [4.69, 9.17) is 10.5 Å². The molecule has 4 heteroatoms. The maximum absolute atomic E-state index is 12.0. The predicted molar refractivity (Wildman–Crippen MR) is 70.0 cm³/mol. The van der Waals surface area contributed by atoms with E-state index >= 15 is 0 Å². The first-order chi connectivity index (χ1) is 8.66. The van der Waals surface area contributed by atoms with Crippen LogP contribution >= 0.6 is 0 Å². The van der Waals surface area contributed by atoms with Crippen LogP contribution in [-0.4, -0.2) is 37.6 Å². The number of rotatable bonds is 4. The molecule has 4 nitrogen and oxygen atoms in total. The number of likely N-dealkylation sites (tertiary alicyclic amines) is 1. The van der Waals surface area contributed by atoms with Crippen LogP contribution in [0.15, 0.2) is 30.3 Å². The van der Waals surface area contributed by atoms with E-state index in [1.807, 2.05) is 30.3 Å². The smallest absolute Gasteiger partial charge is 0.331 e. The van der Waals surface area contributed by atoms with E-state index in [-0.39, 0.29) is 5.97 Å². The topological polar surface area (TPSA) is 55.6 Å². The molecule has 1 unspecified atom stereocenters. The molecular weight excluding hydrogens is 228 g/mol. The third-order valence-electron chi connectivity index (χ3n) is 3.51. The molecule has 18 heavy (non-hydrogen) atoms. The molecular formula is C14H20N2O2. The Hall–Kier alpha value is -1.39. The first-order valence-electron chi connectivity index (χ1n) is 6.32. The van der Waals surface area contributed by atoms with Gasteiger partial charge in [0.25, 0.3) is 0 Å². The molecule has 0 radical (unpaired) electrons. The highest BCUT2D eigenvalue weighted by molar-refractivity contribution is 5.82. The lowest BCUT2D eigenvalue weighted by Gasteiger charge is -2.31. The van der Waals surface area contributed by atoms with Crippen molar-refractivity contribution in [1.29, 1.82) is 0 Å². The number of hydrogen-bond donors (Lipinski definition) is 1. The normalized spacial score (nSPS) is 19.4. The molecule has 1 saturated heterocycles. The van der Waals surface area contributed by atoms with Crippen molar-refractivity contribution in [2.24, 2.45) is 5.73 Å². The van der Waals surface area contributed by atoms with Gasteiger partial charge >= 0.3 is 5.97 Å². The second-order valence-corrected chi connectivity index (χ2v) is 4.81. The van der Waals surface area contributed by atoms with Crippen LogP contribution in [0.4, 0.5) is 0 Å². The summed E-state index contributed by atoms with van der Waals surface area (Å²) in [5.41, 5.74) is 6.08. The van der Waals surface area contributed by atoms with Crippen molar-refractivity contribution in [3.8, 4) is 0 Å². The van der Waals surface area contributed by atoms with Gasteiger partial charge in [0.1, 0.15) is 0 Å². The minimum absolute atomic E-state index is 0.374. The third-order valence-corrected chi connectivity index (χ3v) is 3.51. The summed E-state index contributed by atoms with van der Waals surface area (Å²) in [5, 5.41) is 0. The molecule has 0 spiro atoms. The molecule has 0 bridgehead atoms. The van der Waals surface area contributed by atoms with Crippen molar-refractivity contribution in [3.63, 3.8) is 0 Å². The Bertz CT molecular complexity index is 402. The van der Waals surface area contributed by atoms with Gasteiger partial charge in [0, 0.05) is 6.54 Å². The average molecular weight is 248 g/mol. The Labute approximate surface area is 108 Å². The molecule has 1 aliphatic rings. The second-order valence-electron chi connectivity index (χ2n) is 4.81. The summed E-state index contributed by atoms with van der Waals surface area (Å²) in [4.78, 5) is 14.3. The number of esters is 1. The van der Waals surface area contributed by atoms with Crippen LogP contribution in [0.3, 0.4) is 0 Å². The van der Waals surface area contributed by atoms with Crippen molar-refractivity contribution in [1.82, 2.24) is 4.90 Å². The second kappa shape index (κ2) is 5.50. The Kier molecular flexibility index (Phi) is 3.99.